The van der Waals surface area contributed by atoms with Crippen LogP contribution in [-0.2, 0) is 21.2 Å². The summed E-state index contributed by atoms with van der Waals surface area (Å²) in [7, 11) is -3.48. The lowest BCUT2D eigenvalue weighted by Gasteiger charge is -2.22. The van der Waals surface area contributed by atoms with Gasteiger partial charge in [-0.15, -0.1) is 0 Å². The summed E-state index contributed by atoms with van der Waals surface area (Å²) < 4.78 is 25.5. The Morgan fingerprint density at radius 3 is 2.25 bits per heavy atom. The molecule has 152 valence electrons. The molecule has 6 heteroatoms. The van der Waals surface area contributed by atoms with Crippen LogP contribution in [0.5, 0.6) is 0 Å². The van der Waals surface area contributed by atoms with Crippen LogP contribution in [0.3, 0.4) is 0 Å². The lowest BCUT2D eigenvalue weighted by molar-refractivity contribution is -0.121. The minimum atomic E-state index is -3.48. The highest BCUT2D eigenvalue weighted by atomic mass is 32.2. The first-order valence-corrected chi connectivity index (χ1v) is 11.3. The third kappa shape index (κ3) is 6.17. The molecule has 2 aromatic rings. The Morgan fingerprint density at radius 2 is 1.64 bits per heavy atom. The van der Waals surface area contributed by atoms with E-state index in [1.807, 2.05) is 51.1 Å². The molecule has 0 saturated heterocycles. The van der Waals surface area contributed by atoms with Crippen LogP contribution >= 0.6 is 0 Å². The van der Waals surface area contributed by atoms with Crippen molar-refractivity contribution in [2.75, 3.05) is 19.3 Å². The number of benzene rings is 2. The number of sulfonamides is 1. The molecule has 0 bridgehead atoms. The molecule has 1 atom stereocenters. The summed E-state index contributed by atoms with van der Waals surface area (Å²) in [6.07, 6.45) is 1.70. The number of hydrogen-bond acceptors (Lipinski definition) is 3. The van der Waals surface area contributed by atoms with Crippen LogP contribution in [0.2, 0.25) is 0 Å². The first kappa shape index (κ1) is 22.1. The quantitative estimate of drug-likeness (QED) is 0.737. The van der Waals surface area contributed by atoms with E-state index in [9.17, 15) is 13.2 Å². The minimum Gasteiger partial charge on any atom is -0.348 e. The molecule has 0 aliphatic carbocycles. The fraction of sp³-hybridized carbons (Fsp3) is 0.409. The fourth-order valence-corrected chi connectivity index (χ4v) is 4.01. The van der Waals surface area contributed by atoms with E-state index in [2.05, 4.69) is 24.4 Å². The first-order valence-electron chi connectivity index (χ1n) is 9.44. The van der Waals surface area contributed by atoms with Gasteiger partial charge in [-0.05, 0) is 61.9 Å². The maximum Gasteiger partial charge on any atom is 0.235 e. The Morgan fingerprint density at radius 1 is 1.04 bits per heavy atom. The third-order valence-corrected chi connectivity index (χ3v) is 6.26. The topological polar surface area (TPSA) is 66.5 Å². The van der Waals surface area contributed by atoms with E-state index in [1.165, 1.54) is 15.4 Å². The van der Waals surface area contributed by atoms with Gasteiger partial charge in [-0.3, -0.25) is 4.79 Å². The van der Waals surface area contributed by atoms with Crippen molar-refractivity contribution in [3.8, 4) is 0 Å². The van der Waals surface area contributed by atoms with Crippen molar-refractivity contribution in [1.29, 1.82) is 0 Å². The molecular formula is C22H30N2O3S. The molecule has 0 aliphatic rings. The van der Waals surface area contributed by atoms with Crippen LogP contribution in [0.25, 0.3) is 0 Å². The zero-order valence-electron chi connectivity index (χ0n) is 17.3. The van der Waals surface area contributed by atoms with Gasteiger partial charge in [0, 0.05) is 6.54 Å². The average molecular weight is 403 g/mol. The molecule has 0 aromatic heterocycles. The number of carbonyl (C=O) groups is 1. The normalized spacial score (nSPS) is 12.8. The molecule has 1 amide bonds. The van der Waals surface area contributed by atoms with Crippen LogP contribution in [0, 0.1) is 20.8 Å². The van der Waals surface area contributed by atoms with Crippen molar-refractivity contribution in [1.82, 2.24) is 9.62 Å². The van der Waals surface area contributed by atoms with E-state index in [1.54, 1.807) is 0 Å². The van der Waals surface area contributed by atoms with Gasteiger partial charge in [0.05, 0.1) is 18.8 Å². The Balaban J connectivity index is 2.04. The largest absolute Gasteiger partial charge is 0.348 e. The zero-order valence-corrected chi connectivity index (χ0v) is 18.1. The van der Waals surface area contributed by atoms with Gasteiger partial charge >= 0.3 is 0 Å². The van der Waals surface area contributed by atoms with E-state index in [0.29, 0.717) is 6.42 Å². The van der Waals surface area contributed by atoms with Crippen LogP contribution in [0.15, 0.2) is 42.5 Å². The maximum atomic E-state index is 12.5. The molecule has 0 aliphatic heterocycles. The van der Waals surface area contributed by atoms with Crippen molar-refractivity contribution >= 4 is 15.9 Å². The van der Waals surface area contributed by atoms with Crippen molar-refractivity contribution in [2.24, 2.45) is 0 Å². The number of nitrogens with zero attached hydrogens (tertiary/aromatic N) is 1. The van der Waals surface area contributed by atoms with Gasteiger partial charge < -0.3 is 5.32 Å². The van der Waals surface area contributed by atoms with Crippen molar-refractivity contribution in [3.63, 3.8) is 0 Å². The van der Waals surface area contributed by atoms with Crippen LogP contribution < -0.4 is 5.32 Å². The number of aryl methyl sites for hydroxylation is 3. The molecule has 0 unspecified atom stereocenters. The maximum absolute atomic E-state index is 12.5. The smallest absolute Gasteiger partial charge is 0.235 e. The molecule has 0 saturated carbocycles. The van der Waals surface area contributed by atoms with E-state index in [-0.39, 0.29) is 25.0 Å². The zero-order chi connectivity index (χ0) is 20.9. The van der Waals surface area contributed by atoms with Crippen molar-refractivity contribution < 1.29 is 13.2 Å². The number of nitrogens with one attached hydrogen (secondary N) is 1. The SMILES string of the molecule is Cc1cc(C)c([C@H](C)NC(=O)CN(CCc2ccccc2)S(C)(=O)=O)cc1C. The second kappa shape index (κ2) is 9.34. The monoisotopic (exact) mass is 402 g/mol. The summed E-state index contributed by atoms with van der Waals surface area (Å²) in [5.41, 5.74) is 5.58. The standard InChI is InChI=1S/C22H30N2O3S/c1-16-13-18(3)21(14-17(16)2)19(4)23-22(25)15-24(28(5,26)27)12-11-20-9-7-6-8-10-20/h6-10,13-14,19H,11-12,15H2,1-5H3,(H,23,25)/t19-/m0/s1. The molecule has 0 radical (unpaired) electrons. The Labute approximate surface area is 168 Å². The molecule has 2 rings (SSSR count). The predicted molar refractivity (Wildman–Crippen MR) is 114 cm³/mol. The highest BCUT2D eigenvalue weighted by molar-refractivity contribution is 7.88. The Kier molecular flexibility index (Phi) is 7.38. The third-order valence-electron chi connectivity index (χ3n) is 5.01. The van der Waals surface area contributed by atoms with Crippen molar-refractivity contribution in [2.45, 2.75) is 40.2 Å². The minimum absolute atomic E-state index is 0.181. The van der Waals surface area contributed by atoms with Crippen LogP contribution in [0.4, 0.5) is 0 Å². The van der Waals surface area contributed by atoms with Gasteiger partial charge in [-0.1, -0.05) is 42.5 Å². The summed E-state index contributed by atoms with van der Waals surface area (Å²) in [6.45, 7) is 8.14. The number of rotatable bonds is 8. The molecular weight excluding hydrogens is 372 g/mol. The van der Waals surface area contributed by atoms with Gasteiger partial charge in [0.1, 0.15) is 0 Å². The number of hydrogen-bond donors (Lipinski definition) is 1. The van der Waals surface area contributed by atoms with Crippen molar-refractivity contribution in [3.05, 3.63) is 70.3 Å². The lowest BCUT2D eigenvalue weighted by Crippen LogP contribution is -2.42. The lowest BCUT2D eigenvalue weighted by atomic mass is 9.96. The first-order chi connectivity index (χ1) is 13.1. The molecule has 0 heterocycles. The average Bonchev–Trinajstić information content (AvgIpc) is 2.61. The molecule has 0 fully saturated rings. The van der Waals surface area contributed by atoms with Crippen LogP contribution in [0.1, 0.15) is 40.8 Å². The van der Waals surface area contributed by atoms with Gasteiger partial charge in [-0.25, -0.2) is 8.42 Å². The van der Waals surface area contributed by atoms with Gasteiger partial charge in [0.15, 0.2) is 0 Å². The molecule has 28 heavy (non-hydrogen) atoms. The summed E-state index contributed by atoms with van der Waals surface area (Å²) in [5.74, 6) is -0.302. The second-order valence-electron chi connectivity index (χ2n) is 7.41. The van der Waals surface area contributed by atoms with Gasteiger partial charge in [0.25, 0.3) is 0 Å². The number of carbonyl (C=O) groups excluding carboxylic acids is 1. The fourth-order valence-electron chi connectivity index (χ4n) is 3.24. The summed E-state index contributed by atoms with van der Waals surface area (Å²) in [5, 5.41) is 2.94. The van der Waals surface area contributed by atoms with Crippen LogP contribution in [-0.4, -0.2) is 38.0 Å². The molecule has 0 spiro atoms. The number of amides is 1. The highest BCUT2D eigenvalue weighted by Crippen LogP contribution is 2.21. The highest BCUT2D eigenvalue weighted by Gasteiger charge is 2.21. The summed E-state index contributed by atoms with van der Waals surface area (Å²) in [6, 6.07) is 13.6. The summed E-state index contributed by atoms with van der Waals surface area (Å²) >= 11 is 0. The van der Waals surface area contributed by atoms with E-state index in [4.69, 9.17) is 0 Å². The molecule has 1 N–H and O–H groups in total. The van der Waals surface area contributed by atoms with E-state index in [0.717, 1.165) is 22.9 Å². The molecule has 2 aromatic carbocycles. The Bertz CT molecular complexity index is 924. The Hall–Kier alpha value is -2.18. The molecule has 5 nitrogen and oxygen atoms in total. The predicted octanol–water partition coefficient (Wildman–Crippen LogP) is 3.29. The summed E-state index contributed by atoms with van der Waals surface area (Å²) in [4.78, 5) is 12.5. The van der Waals surface area contributed by atoms with E-state index >= 15 is 0 Å². The van der Waals surface area contributed by atoms with E-state index < -0.39 is 10.0 Å². The van der Waals surface area contributed by atoms with Gasteiger partial charge in [0.2, 0.25) is 15.9 Å². The second-order valence-corrected chi connectivity index (χ2v) is 9.40. The van der Waals surface area contributed by atoms with Gasteiger partial charge in [-0.2, -0.15) is 4.31 Å².